The number of amides is 1. The minimum absolute atomic E-state index is 0.00866. The van der Waals surface area contributed by atoms with E-state index in [4.69, 9.17) is 9.47 Å². The van der Waals surface area contributed by atoms with Crippen molar-refractivity contribution < 1.29 is 14.3 Å². The number of ether oxygens (including phenoxy) is 2. The largest absolute Gasteiger partial charge is 0.454 e. The molecular formula is C20H15NO3. The van der Waals surface area contributed by atoms with E-state index in [1.807, 2.05) is 36.4 Å². The van der Waals surface area contributed by atoms with Gasteiger partial charge in [0, 0.05) is 18.0 Å². The number of anilines is 1. The summed E-state index contributed by atoms with van der Waals surface area (Å²) in [7, 11) is 0. The molecule has 3 aromatic rings. The zero-order chi connectivity index (χ0) is 16.1. The smallest absolute Gasteiger partial charge is 0.231 e. The van der Waals surface area contributed by atoms with Crippen molar-refractivity contribution in [2.45, 2.75) is 12.3 Å². The number of rotatable bonds is 1. The number of hydrogen-bond acceptors (Lipinski definition) is 3. The van der Waals surface area contributed by atoms with Crippen molar-refractivity contribution >= 4 is 22.4 Å². The second-order valence-electron chi connectivity index (χ2n) is 6.17. The lowest BCUT2D eigenvalue weighted by Crippen LogP contribution is -2.23. The molecule has 4 nitrogen and oxygen atoms in total. The van der Waals surface area contributed by atoms with E-state index < -0.39 is 0 Å². The monoisotopic (exact) mass is 317 g/mol. The molecule has 0 radical (unpaired) electrons. The van der Waals surface area contributed by atoms with Gasteiger partial charge in [0.15, 0.2) is 11.5 Å². The van der Waals surface area contributed by atoms with Crippen molar-refractivity contribution in [3.05, 3.63) is 65.7 Å². The van der Waals surface area contributed by atoms with Crippen molar-refractivity contribution in [1.82, 2.24) is 0 Å². The predicted molar refractivity (Wildman–Crippen MR) is 91.6 cm³/mol. The molecule has 0 saturated carbocycles. The summed E-state index contributed by atoms with van der Waals surface area (Å²) in [4.78, 5) is 12.2. The lowest BCUT2D eigenvalue weighted by atomic mass is 9.82. The summed E-state index contributed by atoms with van der Waals surface area (Å²) >= 11 is 0. The van der Waals surface area contributed by atoms with Gasteiger partial charge < -0.3 is 14.8 Å². The molecule has 3 aromatic carbocycles. The molecule has 1 atom stereocenters. The van der Waals surface area contributed by atoms with Gasteiger partial charge >= 0.3 is 0 Å². The Bertz CT molecular complexity index is 980. The van der Waals surface area contributed by atoms with Crippen molar-refractivity contribution in [2.24, 2.45) is 0 Å². The molecule has 4 heteroatoms. The quantitative estimate of drug-likeness (QED) is 0.737. The summed E-state index contributed by atoms with van der Waals surface area (Å²) in [5.41, 5.74) is 3.14. The van der Waals surface area contributed by atoms with Crippen molar-refractivity contribution in [1.29, 1.82) is 0 Å². The van der Waals surface area contributed by atoms with E-state index in [0.717, 1.165) is 22.7 Å². The normalized spacial score (nSPS) is 18.3. The van der Waals surface area contributed by atoms with E-state index in [0.29, 0.717) is 6.42 Å². The third kappa shape index (κ3) is 1.96. The van der Waals surface area contributed by atoms with Crippen LogP contribution in [0, 0.1) is 0 Å². The summed E-state index contributed by atoms with van der Waals surface area (Å²) in [6.45, 7) is 0.253. The topological polar surface area (TPSA) is 47.6 Å². The Morgan fingerprint density at radius 3 is 2.79 bits per heavy atom. The fourth-order valence-corrected chi connectivity index (χ4v) is 3.68. The molecule has 118 valence electrons. The van der Waals surface area contributed by atoms with E-state index in [2.05, 4.69) is 23.5 Å². The lowest BCUT2D eigenvalue weighted by Gasteiger charge is -2.27. The van der Waals surface area contributed by atoms with Gasteiger partial charge in [0.25, 0.3) is 0 Å². The molecule has 2 aliphatic rings. The van der Waals surface area contributed by atoms with Crippen LogP contribution in [0.5, 0.6) is 11.5 Å². The number of carbonyl (C=O) groups is 1. The molecule has 2 heterocycles. The molecule has 0 aliphatic carbocycles. The lowest BCUT2D eigenvalue weighted by molar-refractivity contribution is -0.116. The molecule has 1 amide bonds. The highest BCUT2D eigenvalue weighted by atomic mass is 16.7. The molecule has 24 heavy (non-hydrogen) atoms. The number of nitrogens with one attached hydrogen (secondary N) is 1. The Morgan fingerprint density at radius 2 is 1.83 bits per heavy atom. The van der Waals surface area contributed by atoms with Crippen LogP contribution in [0.2, 0.25) is 0 Å². The fourth-order valence-electron chi connectivity index (χ4n) is 3.68. The van der Waals surface area contributed by atoms with E-state index in [1.165, 1.54) is 16.3 Å². The van der Waals surface area contributed by atoms with Crippen LogP contribution in [-0.2, 0) is 4.79 Å². The van der Waals surface area contributed by atoms with Gasteiger partial charge in [0.1, 0.15) is 0 Å². The van der Waals surface area contributed by atoms with Gasteiger partial charge in [-0.3, -0.25) is 4.79 Å². The number of benzene rings is 3. The second-order valence-corrected chi connectivity index (χ2v) is 6.17. The van der Waals surface area contributed by atoms with Crippen LogP contribution in [0.25, 0.3) is 10.8 Å². The molecule has 0 fully saturated rings. The summed E-state index contributed by atoms with van der Waals surface area (Å²) < 4.78 is 10.9. The van der Waals surface area contributed by atoms with Crippen LogP contribution < -0.4 is 14.8 Å². The summed E-state index contributed by atoms with van der Waals surface area (Å²) in [5.74, 6) is 1.56. The average molecular weight is 317 g/mol. The Morgan fingerprint density at radius 1 is 0.958 bits per heavy atom. The number of fused-ring (bicyclic) bond motifs is 4. The Balaban J connectivity index is 1.73. The predicted octanol–water partition coefficient (Wildman–Crippen LogP) is 4.04. The summed E-state index contributed by atoms with van der Waals surface area (Å²) in [5, 5.41) is 5.37. The van der Waals surface area contributed by atoms with Crippen molar-refractivity contribution in [3.63, 3.8) is 0 Å². The van der Waals surface area contributed by atoms with E-state index in [9.17, 15) is 4.79 Å². The number of carbonyl (C=O) groups excluding carboxylic acids is 1. The van der Waals surface area contributed by atoms with Crippen LogP contribution in [0.3, 0.4) is 0 Å². The zero-order valence-electron chi connectivity index (χ0n) is 12.9. The van der Waals surface area contributed by atoms with E-state index in [-0.39, 0.29) is 18.6 Å². The van der Waals surface area contributed by atoms with Crippen molar-refractivity contribution in [2.75, 3.05) is 12.1 Å². The summed E-state index contributed by atoms with van der Waals surface area (Å²) in [6, 6.07) is 18.3. The standard InChI is InChI=1S/C20H15NO3/c22-19-10-15(13-6-8-17-18(9-13)24-11-23-17)20-14-4-2-1-3-12(14)5-7-16(20)21-19/h1-9,15H,10-11H2,(H,21,22). The fraction of sp³-hybridized carbons (Fsp3) is 0.150. The first-order valence-electron chi connectivity index (χ1n) is 8.00. The highest BCUT2D eigenvalue weighted by Crippen LogP contribution is 2.44. The molecular weight excluding hydrogens is 302 g/mol. The van der Waals surface area contributed by atoms with Gasteiger partial charge in [-0.15, -0.1) is 0 Å². The van der Waals surface area contributed by atoms with E-state index in [1.54, 1.807) is 0 Å². The Hall–Kier alpha value is -3.01. The molecule has 0 spiro atoms. The minimum Gasteiger partial charge on any atom is -0.454 e. The van der Waals surface area contributed by atoms with Crippen LogP contribution in [0.15, 0.2) is 54.6 Å². The maximum atomic E-state index is 12.2. The minimum atomic E-state index is 0.00866. The Labute approximate surface area is 139 Å². The van der Waals surface area contributed by atoms with Crippen molar-refractivity contribution in [3.8, 4) is 11.5 Å². The third-order valence-electron chi connectivity index (χ3n) is 4.78. The first kappa shape index (κ1) is 13.4. The van der Waals surface area contributed by atoms with Crippen LogP contribution in [-0.4, -0.2) is 12.7 Å². The molecule has 1 unspecified atom stereocenters. The molecule has 1 N–H and O–H groups in total. The van der Waals surface area contributed by atoms with Crippen LogP contribution in [0.1, 0.15) is 23.5 Å². The van der Waals surface area contributed by atoms with Gasteiger partial charge in [-0.2, -0.15) is 0 Å². The third-order valence-corrected chi connectivity index (χ3v) is 4.78. The average Bonchev–Trinajstić information content (AvgIpc) is 3.08. The first-order valence-corrected chi connectivity index (χ1v) is 8.00. The second kappa shape index (κ2) is 4.99. The number of hydrogen-bond donors (Lipinski definition) is 1. The maximum Gasteiger partial charge on any atom is 0.231 e. The highest BCUT2D eigenvalue weighted by Gasteiger charge is 2.29. The Kier molecular flexibility index (Phi) is 2.80. The van der Waals surface area contributed by atoms with Gasteiger partial charge in [-0.1, -0.05) is 36.4 Å². The molecule has 2 aliphatic heterocycles. The first-order chi connectivity index (χ1) is 11.8. The molecule has 0 saturated heterocycles. The van der Waals surface area contributed by atoms with Gasteiger partial charge in [-0.25, -0.2) is 0 Å². The van der Waals surface area contributed by atoms with Gasteiger partial charge in [-0.05, 0) is 40.1 Å². The van der Waals surface area contributed by atoms with Gasteiger partial charge in [0.05, 0.1) is 0 Å². The van der Waals surface area contributed by atoms with Crippen LogP contribution >= 0.6 is 0 Å². The van der Waals surface area contributed by atoms with E-state index >= 15 is 0 Å². The molecule has 0 aromatic heterocycles. The SMILES string of the molecule is O=C1CC(c2ccc3c(c2)OCO3)c2c(ccc3ccccc23)N1. The van der Waals surface area contributed by atoms with Gasteiger partial charge in [0.2, 0.25) is 12.7 Å². The highest BCUT2D eigenvalue weighted by molar-refractivity contribution is 6.01. The zero-order valence-corrected chi connectivity index (χ0v) is 12.9. The summed E-state index contributed by atoms with van der Waals surface area (Å²) in [6.07, 6.45) is 0.431. The maximum absolute atomic E-state index is 12.2. The molecule has 0 bridgehead atoms. The van der Waals surface area contributed by atoms with Crippen LogP contribution in [0.4, 0.5) is 5.69 Å². The molecule has 5 rings (SSSR count).